The lowest BCUT2D eigenvalue weighted by Crippen LogP contribution is -2.37. The monoisotopic (exact) mass is 1340 g/mol. The lowest BCUT2D eigenvalue weighted by Gasteiger charge is -2.30. The summed E-state index contributed by atoms with van der Waals surface area (Å²) in [5.41, 5.74) is 5.40. The van der Waals surface area contributed by atoms with Crippen LogP contribution in [0.15, 0.2) is 0 Å². The molecule has 2 heterocycles. The van der Waals surface area contributed by atoms with Crippen molar-refractivity contribution in [2.75, 3.05) is 73.6 Å². The molecule has 2 fully saturated rings. The van der Waals surface area contributed by atoms with E-state index < -0.39 is 18.0 Å². The molecule has 0 spiro atoms. The Morgan fingerprint density at radius 1 is 0.436 bits per heavy atom. The standard InChI is InChI=1S/C10H21N.C10H24N.C9H19N.C9H16O3.C9H18O2.C9H18O.C8H17NO.C8H16O2.C8H16O/c1-10(2)6-5-9-11-7-3-4-8-11;1-10(2)8-6-7-9-11(3,4)5;1-9(2)5-3-6-10-7-4-8-10;1-6(2)4-5-8(7(3)10)9(11)12;1-7(2)4-5-9(6-10)8(3)11;1-7(2)6-9(4,5)8(3)10;1-6(2)4-5-8(9)7(3)10;1-6(2)4-5-8(10)7(3)9;1-7(2)5-4-6-8(3)9/h10H,3-9H2,1-2H3;10H,6-9H2,1-5H3;9H,3-8H2,1-2H3;6,8H,4-5H2,1-3H3,(H,11,12);7,9-10H,4-6H2,1-3H3;7H,6H2,1-5H3;6,8H,4-5,9H2,1-3H3;6,8,10H,4-5H2,1-3H3;7H,4-6H2,1-3H3/q;+1;;;;;;;. The number of hydrogen-bond acceptors (Lipinski definition) is 12. The van der Waals surface area contributed by atoms with Gasteiger partial charge in [0.25, 0.3) is 0 Å². The van der Waals surface area contributed by atoms with Crippen LogP contribution in [0.4, 0.5) is 0 Å². The van der Waals surface area contributed by atoms with Crippen molar-refractivity contribution in [3.63, 3.8) is 0 Å². The summed E-state index contributed by atoms with van der Waals surface area (Å²) in [6.07, 6.45) is 23.8. The smallest absolute Gasteiger partial charge is 0.314 e. The van der Waals surface area contributed by atoms with Gasteiger partial charge in [0.05, 0.1) is 40.3 Å². The minimum Gasteiger partial charge on any atom is -0.481 e. The van der Waals surface area contributed by atoms with E-state index >= 15 is 0 Å². The van der Waals surface area contributed by atoms with Crippen LogP contribution in [-0.2, 0) is 33.6 Å². The minimum atomic E-state index is -0.997. The van der Waals surface area contributed by atoms with E-state index in [0.29, 0.717) is 54.0 Å². The van der Waals surface area contributed by atoms with Gasteiger partial charge in [-0.15, -0.1) is 0 Å². The number of Topliss-reactive ketones (excluding diaryl/α,β-unsaturated/α-hetero) is 6. The average Bonchev–Trinajstić information content (AvgIpc) is 2.15. The van der Waals surface area contributed by atoms with Crippen molar-refractivity contribution >= 4 is 40.7 Å². The molecule has 0 radical (unpaired) electrons. The molecule has 2 saturated heterocycles. The summed E-state index contributed by atoms with van der Waals surface area (Å²) >= 11 is 0. The molecule has 94 heavy (non-hydrogen) atoms. The third kappa shape index (κ3) is 87.3. The van der Waals surface area contributed by atoms with E-state index in [1.807, 2.05) is 27.7 Å². The number of carboxylic acid groups (broad SMARTS) is 1. The number of rotatable bonds is 38. The minimum absolute atomic E-state index is 0.00204. The summed E-state index contributed by atoms with van der Waals surface area (Å²) in [4.78, 5) is 79.9. The lowest BCUT2D eigenvalue weighted by molar-refractivity contribution is -0.870. The van der Waals surface area contributed by atoms with E-state index in [2.05, 4.69) is 142 Å². The molecule has 14 heteroatoms. The zero-order chi connectivity index (χ0) is 74.9. The maximum Gasteiger partial charge on any atom is 0.314 e. The lowest BCUT2D eigenvalue weighted by atomic mass is 9.81. The fourth-order valence-corrected chi connectivity index (χ4v) is 9.49. The number of aliphatic hydroxyl groups is 2. The first-order valence-electron chi connectivity index (χ1n) is 37.6. The predicted octanol–water partition coefficient (Wildman–Crippen LogP) is 18.3. The van der Waals surface area contributed by atoms with Crippen LogP contribution >= 0.6 is 0 Å². The molecule has 14 nitrogen and oxygen atoms in total. The van der Waals surface area contributed by atoms with Crippen LogP contribution in [0.5, 0.6) is 0 Å². The van der Waals surface area contributed by atoms with Gasteiger partial charge in [-0.2, -0.15) is 0 Å². The number of carboxylic acids is 1. The zero-order valence-corrected chi connectivity index (χ0v) is 67.8. The molecule has 0 amide bonds. The van der Waals surface area contributed by atoms with Crippen LogP contribution in [0.3, 0.4) is 0 Å². The SMILES string of the molecule is CC(=O)C(C)(C)CC(C)C.CC(=O)C(CCC(C)C)C(=O)O.CC(=O)C(CO)CCC(C)C.CC(=O)C(N)CCC(C)C.CC(=O)C(O)CCC(C)C.CC(=O)CCCC(C)C.CC(C)CCCC[N+](C)(C)C.CC(C)CCCN1CCC1.CC(C)CCCN1CCCC1. The number of carbonyl (C=O) groups excluding carboxylic acids is 6. The number of likely N-dealkylation sites (tertiary alicyclic amines) is 2. The van der Waals surface area contributed by atoms with Crippen molar-refractivity contribution in [3.05, 3.63) is 0 Å². The Bertz CT molecular complexity index is 1770. The third-order valence-electron chi connectivity index (χ3n) is 16.5. The van der Waals surface area contributed by atoms with E-state index in [9.17, 15) is 33.6 Å². The van der Waals surface area contributed by atoms with E-state index in [0.717, 1.165) is 85.9 Å². The molecule has 2 aliphatic heterocycles. The van der Waals surface area contributed by atoms with Crippen molar-refractivity contribution < 1.29 is 53.4 Å². The third-order valence-corrected chi connectivity index (χ3v) is 16.5. The molecule has 564 valence electrons. The second kappa shape index (κ2) is 64.9. The summed E-state index contributed by atoms with van der Waals surface area (Å²) in [7, 11) is 6.78. The summed E-state index contributed by atoms with van der Waals surface area (Å²) in [5.74, 6) is 4.79. The number of aliphatic carboxylic acids is 1. The molecule has 4 unspecified atom stereocenters. The van der Waals surface area contributed by atoms with Gasteiger partial charge in [-0.3, -0.25) is 28.8 Å². The first-order valence-corrected chi connectivity index (χ1v) is 37.6. The number of carbonyl (C=O) groups is 7. The molecule has 0 bridgehead atoms. The highest BCUT2D eigenvalue weighted by Crippen LogP contribution is 2.26. The van der Waals surface area contributed by atoms with Crippen LogP contribution in [0.1, 0.15) is 321 Å². The van der Waals surface area contributed by atoms with Crippen molar-refractivity contribution in [3.8, 4) is 0 Å². The Labute approximate surface area is 584 Å². The van der Waals surface area contributed by atoms with E-state index in [4.69, 9.17) is 21.1 Å². The molecular weight excluding hydrogens is 1180 g/mol. The van der Waals surface area contributed by atoms with Crippen LogP contribution in [-0.4, -0.2) is 156 Å². The fourth-order valence-electron chi connectivity index (χ4n) is 9.49. The number of nitrogens with zero attached hydrogens (tertiary/aromatic N) is 3. The largest absolute Gasteiger partial charge is 0.481 e. The van der Waals surface area contributed by atoms with Crippen LogP contribution in [0.25, 0.3) is 0 Å². The van der Waals surface area contributed by atoms with Crippen molar-refractivity contribution in [1.82, 2.24) is 9.80 Å². The van der Waals surface area contributed by atoms with Gasteiger partial charge >= 0.3 is 5.97 Å². The number of unbranched alkanes of at least 4 members (excludes halogenated alkanes) is 1. The van der Waals surface area contributed by atoms with Gasteiger partial charge in [-0.1, -0.05) is 158 Å². The molecule has 2 aliphatic rings. The molecule has 0 saturated carbocycles. The first kappa shape index (κ1) is 105. The Kier molecular flexibility index (Phi) is 72.3. The van der Waals surface area contributed by atoms with Gasteiger partial charge in [0, 0.05) is 17.8 Å². The van der Waals surface area contributed by atoms with Gasteiger partial charge in [-0.05, 0) is 250 Å². The second-order valence-corrected chi connectivity index (χ2v) is 33.0. The highest BCUT2D eigenvalue weighted by Gasteiger charge is 2.25. The molecule has 0 aliphatic carbocycles. The summed E-state index contributed by atoms with van der Waals surface area (Å²) in [5, 5.41) is 26.5. The van der Waals surface area contributed by atoms with Crippen molar-refractivity contribution in [1.29, 1.82) is 0 Å². The summed E-state index contributed by atoms with van der Waals surface area (Å²) < 4.78 is 1.11. The van der Waals surface area contributed by atoms with E-state index in [-0.39, 0.29) is 47.1 Å². The molecule has 5 N–H and O–H groups in total. The first-order chi connectivity index (χ1) is 43.1. The molecular formula is C80H165N4O10+. The summed E-state index contributed by atoms with van der Waals surface area (Å²) in [6, 6.07) is -0.234. The average molecular weight is 1340 g/mol. The maximum absolute atomic E-state index is 11.0. The maximum atomic E-state index is 11.0. The highest BCUT2D eigenvalue weighted by atomic mass is 16.4. The summed E-state index contributed by atoms with van der Waals surface area (Å²) in [6.45, 7) is 61.8. The number of aliphatic hydroxyl groups excluding tert-OH is 2. The van der Waals surface area contributed by atoms with Crippen LogP contribution in [0, 0.1) is 70.5 Å². The normalized spacial score (nSPS) is 14.3. The molecule has 0 aromatic heterocycles. The van der Waals surface area contributed by atoms with Gasteiger partial charge in [0.2, 0.25) is 0 Å². The number of ketones is 6. The highest BCUT2D eigenvalue weighted by molar-refractivity contribution is 5.96. The van der Waals surface area contributed by atoms with Gasteiger partial charge < -0.3 is 40.1 Å². The van der Waals surface area contributed by atoms with Crippen molar-refractivity contribution in [2.45, 2.75) is 333 Å². The molecule has 0 aromatic carbocycles. The molecule has 2 rings (SSSR count). The number of nitrogens with two attached hydrogens (primary N) is 1. The number of quaternary nitrogens is 1. The Hall–Kier alpha value is -2.75. The van der Waals surface area contributed by atoms with E-state index in [1.165, 1.54) is 130 Å². The Morgan fingerprint density at radius 2 is 0.798 bits per heavy atom. The quantitative estimate of drug-likeness (QED) is 0.0258. The zero-order valence-electron chi connectivity index (χ0n) is 67.8. The second-order valence-electron chi connectivity index (χ2n) is 33.0. The van der Waals surface area contributed by atoms with Gasteiger partial charge in [0.15, 0.2) is 5.78 Å². The van der Waals surface area contributed by atoms with Gasteiger partial charge in [0.1, 0.15) is 40.9 Å². The van der Waals surface area contributed by atoms with E-state index in [1.54, 1.807) is 27.7 Å². The number of hydrogen-bond donors (Lipinski definition) is 4. The Balaban J connectivity index is -0.000000181. The van der Waals surface area contributed by atoms with Crippen LogP contribution < -0.4 is 5.73 Å². The molecule has 4 atom stereocenters. The topological polar surface area (TPSA) is 213 Å². The predicted molar refractivity (Wildman–Crippen MR) is 404 cm³/mol. The fraction of sp³-hybridized carbons (Fsp3) is 0.912. The molecule has 0 aromatic rings. The van der Waals surface area contributed by atoms with Crippen molar-refractivity contribution in [2.24, 2.45) is 76.2 Å². The Morgan fingerprint density at radius 3 is 1.07 bits per heavy atom. The van der Waals surface area contributed by atoms with Gasteiger partial charge in [-0.25, -0.2) is 0 Å². The van der Waals surface area contributed by atoms with Crippen LogP contribution in [0.2, 0.25) is 0 Å².